The monoisotopic (exact) mass is 652 g/mol. The van der Waals surface area contributed by atoms with Crippen molar-refractivity contribution in [1.29, 1.82) is 0 Å². The second kappa shape index (κ2) is 15.5. The number of rotatable bonds is 13. The van der Waals surface area contributed by atoms with E-state index in [4.69, 9.17) is 23.7 Å². The molecule has 0 bridgehead atoms. The van der Waals surface area contributed by atoms with E-state index in [0.717, 1.165) is 33.4 Å². The van der Waals surface area contributed by atoms with Crippen molar-refractivity contribution in [2.24, 2.45) is 0 Å². The van der Waals surface area contributed by atoms with Gasteiger partial charge in [0.2, 0.25) is 0 Å². The van der Waals surface area contributed by atoms with Crippen LogP contribution in [-0.4, -0.2) is 11.2 Å². The van der Waals surface area contributed by atoms with Crippen molar-refractivity contribution >= 4 is 0 Å². The van der Waals surface area contributed by atoms with Crippen LogP contribution in [-0.2, 0) is 32.8 Å². The highest BCUT2D eigenvalue weighted by Crippen LogP contribution is 2.44. The van der Waals surface area contributed by atoms with Crippen molar-refractivity contribution in [2.45, 2.75) is 45.1 Å². The van der Waals surface area contributed by atoms with E-state index in [2.05, 4.69) is 0 Å². The zero-order valence-corrected chi connectivity index (χ0v) is 27.1. The van der Waals surface area contributed by atoms with Gasteiger partial charge in [-0.05, 0) is 39.9 Å². The lowest BCUT2D eigenvalue weighted by Gasteiger charge is -2.32. The van der Waals surface area contributed by atoms with Gasteiger partial charge in [0, 0.05) is 24.1 Å². The van der Waals surface area contributed by atoms with E-state index in [-0.39, 0.29) is 0 Å². The molecule has 6 nitrogen and oxygen atoms in total. The van der Waals surface area contributed by atoms with Gasteiger partial charge in [-0.1, -0.05) is 127 Å². The lowest BCUT2D eigenvalue weighted by molar-refractivity contribution is 0.0192. The molecule has 0 aliphatic carbocycles. The summed E-state index contributed by atoms with van der Waals surface area (Å²) in [6.45, 7) is 1.54. The van der Waals surface area contributed by atoms with Crippen LogP contribution in [0.2, 0.25) is 0 Å². The van der Waals surface area contributed by atoms with Crippen molar-refractivity contribution < 1.29 is 28.8 Å². The van der Waals surface area contributed by atoms with Crippen LogP contribution in [0.25, 0.3) is 0 Å². The first kappa shape index (κ1) is 31.9. The third-order valence-corrected chi connectivity index (χ3v) is 8.41. The maximum atomic E-state index is 11.5. The number of fused-ring (bicyclic) bond motifs is 1. The van der Waals surface area contributed by atoms with Crippen molar-refractivity contribution in [3.05, 3.63) is 185 Å². The maximum Gasteiger partial charge on any atom is 0.162 e. The molecule has 246 valence electrons. The van der Waals surface area contributed by atoms with Crippen LogP contribution in [0.4, 0.5) is 0 Å². The van der Waals surface area contributed by atoms with Gasteiger partial charge in [0.15, 0.2) is 11.5 Å². The molecule has 0 fully saturated rings. The van der Waals surface area contributed by atoms with Crippen molar-refractivity contribution in [2.75, 3.05) is 0 Å². The van der Waals surface area contributed by atoms with Crippen LogP contribution in [0.1, 0.15) is 39.5 Å². The third kappa shape index (κ3) is 8.23. The molecule has 6 aromatic rings. The van der Waals surface area contributed by atoms with Gasteiger partial charge >= 0.3 is 0 Å². The SMILES string of the molecule is O[C@H]1Cc2c(OCc3ccccc3)cc(OCc3ccccc3)cc2O[14C@@H]1c1ccc(OCc2ccccc2)c(OCc2ccccc2)c1. The Morgan fingerprint density at radius 2 is 0.980 bits per heavy atom. The van der Waals surface area contributed by atoms with E-state index in [1.165, 1.54) is 0 Å². The fourth-order valence-corrected chi connectivity index (χ4v) is 5.82. The summed E-state index contributed by atoms with van der Waals surface area (Å²) in [5.74, 6) is 3.05. The number of aliphatic hydroxyl groups is 1. The number of hydrogen-bond donors (Lipinski definition) is 1. The summed E-state index contributed by atoms with van der Waals surface area (Å²) >= 11 is 0. The van der Waals surface area contributed by atoms with E-state index >= 15 is 0 Å². The fraction of sp³-hybridized carbons (Fsp3) is 0.163. The molecule has 7 rings (SSSR count). The smallest absolute Gasteiger partial charge is 0.162 e. The number of benzene rings is 6. The van der Waals surface area contributed by atoms with Gasteiger partial charge in [0.05, 0.1) is 6.10 Å². The first-order valence-corrected chi connectivity index (χ1v) is 16.5. The van der Waals surface area contributed by atoms with Crippen LogP contribution < -0.4 is 23.7 Å². The minimum absolute atomic E-state index is 0.343. The minimum Gasteiger partial charge on any atom is -0.489 e. The van der Waals surface area contributed by atoms with E-state index in [9.17, 15) is 5.11 Å². The van der Waals surface area contributed by atoms with Gasteiger partial charge in [0.25, 0.3) is 0 Å². The van der Waals surface area contributed by atoms with E-state index in [1.54, 1.807) is 0 Å². The summed E-state index contributed by atoms with van der Waals surface area (Å²) in [4.78, 5) is 0. The van der Waals surface area contributed by atoms with Crippen LogP contribution in [0.15, 0.2) is 152 Å². The Morgan fingerprint density at radius 1 is 0.510 bits per heavy atom. The van der Waals surface area contributed by atoms with Crippen LogP contribution in [0.3, 0.4) is 0 Å². The Morgan fingerprint density at radius 3 is 1.51 bits per heavy atom. The van der Waals surface area contributed by atoms with Crippen molar-refractivity contribution in [3.63, 3.8) is 0 Å². The lowest BCUT2D eigenvalue weighted by Crippen LogP contribution is -2.30. The third-order valence-electron chi connectivity index (χ3n) is 8.41. The minimum atomic E-state index is -0.833. The molecule has 1 aliphatic heterocycles. The summed E-state index contributed by atoms with van der Waals surface area (Å²) in [5.41, 5.74) is 5.76. The molecule has 1 aliphatic rings. The molecular weight excluding hydrogens is 614 g/mol. The lowest BCUT2D eigenvalue weighted by atomic mass is 10.1. The molecule has 1 N–H and O–H groups in total. The summed E-state index contributed by atoms with van der Waals surface area (Å²) < 4.78 is 31.7. The molecule has 0 unspecified atom stereocenters. The molecule has 2 atom stereocenters. The topological polar surface area (TPSA) is 66.4 Å². The average molecular weight is 653 g/mol. The highest BCUT2D eigenvalue weighted by atomic mass is 16.7. The van der Waals surface area contributed by atoms with Crippen LogP contribution in [0.5, 0.6) is 28.7 Å². The molecule has 0 aromatic heterocycles. The summed E-state index contributed by atoms with van der Waals surface area (Å²) in [6.07, 6.45) is -1.14. The van der Waals surface area contributed by atoms with Crippen LogP contribution >= 0.6 is 0 Å². The largest absolute Gasteiger partial charge is 0.489 e. The first-order valence-electron chi connectivity index (χ1n) is 16.5. The Balaban J connectivity index is 1.16. The van der Waals surface area contributed by atoms with Crippen LogP contribution in [0, 0.1) is 0 Å². The fourth-order valence-electron chi connectivity index (χ4n) is 5.82. The van der Waals surface area contributed by atoms with E-state index < -0.39 is 12.2 Å². The standard InChI is InChI=1S/C43H38O6/c44-38-26-37-40(47-29-33-17-9-3-10-18-33)24-36(45-27-31-13-5-1-6-14-31)25-41(37)49-43(38)35-21-22-39(46-28-32-15-7-2-8-16-32)42(23-35)48-30-34-19-11-4-12-20-34/h1-25,38,43-44H,26-30H2/t38-,43+/m0/s1/i43+2. The number of aliphatic hydroxyl groups excluding tert-OH is 1. The molecule has 0 spiro atoms. The number of ether oxygens (including phenoxy) is 5. The van der Waals surface area contributed by atoms with Gasteiger partial charge in [-0.25, -0.2) is 0 Å². The normalized spacial score (nSPS) is 15.0. The van der Waals surface area contributed by atoms with Gasteiger partial charge in [-0.2, -0.15) is 0 Å². The van der Waals surface area contributed by atoms with Crippen molar-refractivity contribution in [3.8, 4) is 28.7 Å². The number of hydrogen-bond acceptors (Lipinski definition) is 6. The molecule has 0 saturated heterocycles. The second-order valence-corrected chi connectivity index (χ2v) is 12.0. The zero-order chi connectivity index (χ0) is 33.3. The first-order chi connectivity index (χ1) is 24.2. The predicted molar refractivity (Wildman–Crippen MR) is 189 cm³/mol. The van der Waals surface area contributed by atoms with Gasteiger partial charge in [0.1, 0.15) is 49.8 Å². The Hall–Kier alpha value is -5.72. The molecule has 0 radical (unpaired) electrons. The van der Waals surface area contributed by atoms with E-state index in [0.29, 0.717) is 61.6 Å². The maximum absolute atomic E-state index is 11.5. The summed E-state index contributed by atoms with van der Waals surface area (Å²) in [5, 5.41) is 11.5. The second-order valence-electron chi connectivity index (χ2n) is 12.0. The van der Waals surface area contributed by atoms with Gasteiger partial charge < -0.3 is 28.8 Å². The van der Waals surface area contributed by atoms with Crippen molar-refractivity contribution in [1.82, 2.24) is 0 Å². The highest BCUT2D eigenvalue weighted by molar-refractivity contribution is 5.53. The van der Waals surface area contributed by atoms with Gasteiger partial charge in [-0.3, -0.25) is 0 Å². The average Bonchev–Trinajstić information content (AvgIpc) is 3.16. The predicted octanol–water partition coefficient (Wildman–Crippen LogP) is 9.04. The quantitative estimate of drug-likeness (QED) is 0.134. The molecule has 6 heteroatoms. The summed E-state index contributed by atoms with van der Waals surface area (Å²) in [6, 6.07) is 49.5. The highest BCUT2D eigenvalue weighted by Gasteiger charge is 2.33. The van der Waals surface area contributed by atoms with Gasteiger partial charge in [-0.15, -0.1) is 0 Å². The molecule has 6 aromatic carbocycles. The molecule has 49 heavy (non-hydrogen) atoms. The Labute approximate surface area is 287 Å². The zero-order valence-electron chi connectivity index (χ0n) is 27.1. The summed E-state index contributed by atoms with van der Waals surface area (Å²) in [7, 11) is 0. The molecule has 0 amide bonds. The Bertz CT molecular complexity index is 1930. The molecular formula is C43H38O6. The molecule has 0 saturated carbocycles. The Kier molecular flexibility index (Phi) is 10.0. The van der Waals surface area contributed by atoms with E-state index in [1.807, 2.05) is 152 Å². The molecule has 1 heterocycles.